The van der Waals surface area contributed by atoms with Gasteiger partial charge in [-0.05, 0) is 17.5 Å². The van der Waals surface area contributed by atoms with Crippen LogP contribution in [0.15, 0.2) is 41.3 Å². The molecule has 0 aliphatic carbocycles. The lowest BCUT2D eigenvalue weighted by Gasteiger charge is -2.34. The van der Waals surface area contributed by atoms with Gasteiger partial charge in [0, 0.05) is 50.5 Å². The van der Waals surface area contributed by atoms with E-state index >= 15 is 0 Å². The summed E-state index contributed by atoms with van der Waals surface area (Å²) in [6, 6.07) is 8.34. The van der Waals surface area contributed by atoms with Gasteiger partial charge in [0.1, 0.15) is 4.83 Å². The van der Waals surface area contributed by atoms with Gasteiger partial charge in [0.15, 0.2) is 0 Å². The van der Waals surface area contributed by atoms with Crippen LogP contribution in [-0.4, -0.2) is 53.5 Å². The van der Waals surface area contributed by atoms with Crippen molar-refractivity contribution in [1.82, 2.24) is 15.2 Å². The highest BCUT2D eigenvalue weighted by atomic mass is 79.9. The van der Waals surface area contributed by atoms with Crippen molar-refractivity contribution in [3.63, 3.8) is 0 Å². The first-order chi connectivity index (χ1) is 12.0. The molecular weight excluding hydrogens is 404 g/mol. The average molecular weight is 426 g/mol. The average Bonchev–Trinajstić information content (AvgIpc) is 2.62. The van der Waals surface area contributed by atoms with Crippen molar-refractivity contribution in [1.29, 1.82) is 0 Å². The second kappa shape index (κ2) is 7.79. The number of hydrogen-bond acceptors (Lipinski definition) is 4. The quantitative estimate of drug-likeness (QED) is 0.755. The first kappa shape index (κ1) is 18.3. The van der Waals surface area contributed by atoms with Crippen LogP contribution in [0, 0.1) is 0 Å². The molecule has 25 heavy (non-hydrogen) atoms. The lowest BCUT2D eigenvalue weighted by molar-refractivity contribution is -0.129. The van der Waals surface area contributed by atoms with Gasteiger partial charge in [-0.25, -0.2) is 5.01 Å². The molecule has 2 aliphatic heterocycles. The zero-order valence-electron chi connectivity index (χ0n) is 14.3. The van der Waals surface area contributed by atoms with E-state index in [0.717, 1.165) is 24.2 Å². The molecule has 0 aromatic heterocycles. The number of hydrogen-bond donors (Lipinski definition) is 1. The van der Waals surface area contributed by atoms with Gasteiger partial charge >= 0.3 is 0 Å². The molecule has 134 valence electrons. The highest BCUT2D eigenvalue weighted by Crippen LogP contribution is 2.29. The summed E-state index contributed by atoms with van der Waals surface area (Å²) in [7, 11) is 3.73. The highest BCUT2D eigenvalue weighted by molar-refractivity contribution is 9.10. The number of hydrazone groups is 1. The molecule has 0 spiro atoms. The van der Waals surface area contributed by atoms with Gasteiger partial charge < -0.3 is 10.2 Å². The first-order valence-corrected chi connectivity index (χ1v) is 9.71. The van der Waals surface area contributed by atoms with E-state index in [1.54, 1.807) is 13.3 Å². The van der Waals surface area contributed by atoms with Crippen molar-refractivity contribution in [2.75, 3.05) is 20.6 Å². The molecule has 0 fully saturated rings. The summed E-state index contributed by atoms with van der Waals surface area (Å²) in [5.74, 6) is 0.890. The number of carbonyl (C=O) groups excluding carboxylic acids is 1. The summed E-state index contributed by atoms with van der Waals surface area (Å²) in [5, 5.41) is 8.96. The molecule has 7 heteroatoms. The molecule has 2 heterocycles. The Bertz CT molecular complexity index is 691. The van der Waals surface area contributed by atoms with Gasteiger partial charge in [-0.2, -0.15) is 5.10 Å². The van der Waals surface area contributed by atoms with E-state index in [1.807, 2.05) is 0 Å². The fourth-order valence-electron chi connectivity index (χ4n) is 3.21. The molecule has 0 radical (unpaired) electrons. The maximum absolute atomic E-state index is 12.1. The van der Waals surface area contributed by atoms with Gasteiger partial charge in [-0.15, -0.1) is 11.6 Å². The van der Waals surface area contributed by atoms with Crippen molar-refractivity contribution < 1.29 is 4.79 Å². The molecule has 2 unspecified atom stereocenters. The topological polar surface area (TPSA) is 47.9 Å². The SMILES string of the molecule is CN1C=C(NC2C=NN(C)C(=O)C2Br)C[C@H](c2ccc(CCl)cc2)C1. The Hall–Kier alpha value is -1.53. The Kier molecular flexibility index (Phi) is 5.69. The van der Waals surface area contributed by atoms with Crippen molar-refractivity contribution >= 4 is 39.7 Å². The highest BCUT2D eigenvalue weighted by Gasteiger charge is 2.32. The van der Waals surface area contributed by atoms with E-state index in [1.165, 1.54) is 10.6 Å². The summed E-state index contributed by atoms with van der Waals surface area (Å²) < 4.78 is 0. The van der Waals surface area contributed by atoms with Gasteiger partial charge in [0.2, 0.25) is 0 Å². The van der Waals surface area contributed by atoms with E-state index in [-0.39, 0.29) is 16.8 Å². The van der Waals surface area contributed by atoms with Crippen LogP contribution in [0.1, 0.15) is 23.5 Å². The Balaban J connectivity index is 1.71. The van der Waals surface area contributed by atoms with Gasteiger partial charge in [-0.1, -0.05) is 40.2 Å². The maximum Gasteiger partial charge on any atom is 0.258 e. The van der Waals surface area contributed by atoms with Gasteiger partial charge in [-0.3, -0.25) is 4.79 Å². The second-order valence-electron chi connectivity index (χ2n) is 6.57. The third-order valence-corrected chi connectivity index (χ3v) is 5.85. The van der Waals surface area contributed by atoms with Crippen LogP contribution in [0.25, 0.3) is 0 Å². The largest absolute Gasteiger partial charge is 0.378 e. The lowest BCUT2D eigenvalue weighted by atomic mass is 9.91. The number of benzene rings is 1. The minimum atomic E-state index is -0.315. The number of carbonyl (C=O) groups is 1. The fourth-order valence-corrected chi connectivity index (χ4v) is 3.95. The van der Waals surface area contributed by atoms with Crippen LogP contribution >= 0.6 is 27.5 Å². The third kappa shape index (κ3) is 4.18. The number of halogens is 2. The zero-order chi connectivity index (χ0) is 18.0. The lowest BCUT2D eigenvalue weighted by Crippen LogP contribution is -2.50. The Labute approximate surface area is 161 Å². The van der Waals surface area contributed by atoms with Gasteiger partial charge in [0.05, 0.1) is 6.04 Å². The Morgan fingerprint density at radius 2 is 2.04 bits per heavy atom. The number of rotatable bonds is 4. The molecule has 1 amide bonds. The van der Waals surface area contributed by atoms with E-state index in [4.69, 9.17) is 11.6 Å². The van der Waals surface area contributed by atoms with Gasteiger partial charge in [0.25, 0.3) is 5.91 Å². The van der Waals surface area contributed by atoms with Crippen molar-refractivity contribution in [2.45, 2.75) is 29.1 Å². The standard InChI is InChI=1S/C18H22BrClN4O/c1-23-10-14(13-5-3-12(8-20)4-6-13)7-15(11-23)22-16-9-21-24(2)18(25)17(16)19/h3-6,9,11,14,16-17,22H,7-8,10H2,1-2H3/t14-,16?,17?/m0/s1. The maximum atomic E-state index is 12.1. The van der Waals surface area contributed by atoms with E-state index in [2.05, 4.69) is 68.8 Å². The molecule has 3 rings (SSSR count). The predicted octanol–water partition coefficient (Wildman–Crippen LogP) is 2.87. The fraction of sp³-hybridized carbons (Fsp3) is 0.444. The third-order valence-electron chi connectivity index (χ3n) is 4.58. The predicted molar refractivity (Wildman–Crippen MR) is 105 cm³/mol. The van der Waals surface area contributed by atoms with Crippen molar-refractivity contribution in [3.05, 3.63) is 47.3 Å². The minimum Gasteiger partial charge on any atom is -0.378 e. The molecule has 3 atom stereocenters. The smallest absolute Gasteiger partial charge is 0.258 e. The van der Waals surface area contributed by atoms with Crippen LogP contribution in [-0.2, 0) is 10.7 Å². The summed E-state index contributed by atoms with van der Waals surface area (Å²) in [4.78, 5) is 13.9. The number of alkyl halides is 2. The van der Waals surface area contributed by atoms with E-state index < -0.39 is 0 Å². The zero-order valence-corrected chi connectivity index (χ0v) is 16.7. The van der Waals surface area contributed by atoms with Crippen LogP contribution in [0.2, 0.25) is 0 Å². The molecule has 1 aromatic carbocycles. The van der Waals surface area contributed by atoms with Crippen LogP contribution < -0.4 is 5.32 Å². The summed E-state index contributed by atoms with van der Waals surface area (Å²) >= 11 is 9.36. The van der Waals surface area contributed by atoms with Crippen LogP contribution in [0.3, 0.4) is 0 Å². The van der Waals surface area contributed by atoms with Crippen molar-refractivity contribution in [2.24, 2.45) is 5.10 Å². The monoisotopic (exact) mass is 424 g/mol. The summed E-state index contributed by atoms with van der Waals surface area (Å²) in [6.45, 7) is 0.962. The molecule has 1 N–H and O–H groups in total. The normalized spacial score (nSPS) is 26.6. The first-order valence-electron chi connectivity index (χ1n) is 8.26. The Morgan fingerprint density at radius 1 is 1.32 bits per heavy atom. The molecule has 0 saturated carbocycles. The van der Waals surface area contributed by atoms with E-state index in [9.17, 15) is 4.79 Å². The van der Waals surface area contributed by atoms with Crippen LogP contribution in [0.4, 0.5) is 0 Å². The van der Waals surface area contributed by atoms with E-state index in [0.29, 0.717) is 11.8 Å². The number of likely N-dealkylation sites (N-methyl/N-ethyl adjacent to an activating group) is 1. The number of nitrogens with zero attached hydrogens (tertiary/aromatic N) is 3. The minimum absolute atomic E-state index is 0.0435. The molecule has 5 nitrogen and oxygen atoms in total. The molecule has 2 aliphatic rings. The molecule has 1 aromatic rings. The number of nitrogens with one attached hydrogen (secondary N) is 1. The molecular formula is C18H22BrClN4O. The molecule has 0 saturated heterocycles. The summed E-state index contributed by atoms with van der Waals surface area (Å²) in [6.07, 6.45) is 4.79. The number of amides is 1. The number of allylic oxidation sites excluding steroid dienone is 1. The second-order valence-corrected chi connectivity index (χ2v) is 7.82. The summed E-state index contributed by atoms with van der Waals surface area (Å²) in [5.41, 5.74) is 3.54. The molecule has 0 bridgehead atoms. The van der Waals surface area contributed by atoms with Crippen molar-refractivity contribution in [3.8, 4) is 0 Å². The van der Waals surface area contributed by atoms with Crippen LogP contribution in [0.5, 0.6) is 0 Å². The Morgan fingerprint density at radius 3 is 2.72 bits per heavy atom.